The summed E-state index contributed by atoms with van der Waals surface area (Å²) in [7, 11) is 0. The van der Waals surface area contributed by atoms with E-state index in [9.17, 15) is 0 Å². The van der Waals surface area contributed by atoms with Crippen LogP contribution in [0.25, 0.3) is 32.9 Å². The zero-order chi connectivity index (χ0) is 17.9. The van der Waals surface area contributed by atoms with Crippen molar-refractivity contribution in [2.75, 3.05) is 0 Å². The summed E-state index contributed by atoms with van der Waals surface area (Å²) in [5.74, 6) is 0. The van der Waals surface area contributed by atoms with Gasteiger partial charge in [0, 0.05) is 28.4 Å². The summed E-state index contributed by atoms with van der Waals surface area (Å²) in [5.41, 5.74) is 6.42. The third-order valence-corrected chi connectivity index (χ3v) is 4.97. The molecule has 0 saturated heterocycles. The number of nitrogens with zero attached hydrogens (tertiary/aromatic N) is 1. The first-order valence-electron chi connectivity index (χ1n) is 9.16. The van der Waals surface area contributed by atoms with Crippen molar-refractivity contribution in [1.82, 2.24) is 4.57 Å². The highest BCUT2D eigenvalue weighted by Crippen LogP contribution is 2.33. The smallest absolute Gasteiger partial charge is 0.0494 e. The molecule has 26 heavy (non-hydrogen) atoms. The molecule has 3 aromatic carbocycles. The molecule has 0 saturated carbocycles. The monoisotopic (exact) mass is 337 g/mol. The molecule has 0 aliphatic rings. The maximum Gasteiger partial charge on any atom is 0.0494 e. The Kier molecular flexibility index (Phi) is 4.45. The first-order chi connectivity index (χ1) is 12.8. The van der Waals surface area contributed by atoms with Gasteiger partial charge in [-0.3, -0.25) is 0 Å². The van der Waals surface area contributed by atoms with Crippen molar-refractivity contribution in [3.05, 3.63) is 96.6 Å². The van der Waals surface area contributed by atoms with Gasteiger partial charge in [-0.05, 0) is 48.7 Å². The average molecular weight is 337 g/mol. The highest BCUT2D eigenvalue weighted by Gasteiger charge is 2.11. The summed E-state index contributed by atoms with van der Waals surface area (Å²) >= 11 is 0. The first-order valence-corrected chi connectivity index (χ1v) is 9.16. The molecule has 4 aromatic rings. The molecular weight excluding hydrogens is 314 g/mol. The fourth-order valence-electron chi connectivity index (χ4n) is 3.67. The number of hydrogen-bond donors (Lipinski definition) is 0. The van der Waals surface area contributed by atoms with Gasteiger partial charge in [-0.1, -0.05) is 72.8 Å². The largest absolute Gasteiger partial charge is 0.336 e. The van der Waals surface area contributed by atoms with Crippen molar-refractivity contribution >= 4 is 21.8 Å². The number of allylic oxidation sites excluding steroid dienone is 4. The second-order valence-electron chi connectivity index (χ2n) is 6.56. The molecule has 0 spiro atoms. The van der Waals surface area contributed by atoms with Gasteiger partial charge in [0.25, 0.3) is 0 Å². The molecule has 0 N–H and O–H groups in total. The van der Waals surface area contributed by atoms with E-state index in [-0.39, 0.29) is 0 Å². The highest BCUT2D eigenvalue weighted by atomic mass is 15.0. The van der Waals surface area contributed by atoms with Crippen molar-refractivity contribution in [3.8, 4) is 11.1 Å². The molecule has 0 atom stereocenters. The second kappa shape index (κ2) is 7.05. The molecule has 0 aliphatic carbocycles. The molecule has 0 aliphatic heterocycles. The molecule has 0 radical (unpaired) electrons. The average Bonchev–Trinajstić information content (AvgIpc) is 3.01. The van der Waals surface area contributed by atoms with E-state index in [0.717, 1.165) is 6.54 Å². The van der Waals surface area contributed by atoms with Crippen LogP contribution in [0.4, 0.5) is 0 Å². The summed E-state index contributed by atoms with van der Waals surface area (Å²) in [4.78, 5) is 0. The molecule has 128 valence electrons. The number of hydrogen-bond acceptors (Lipinski definition) is 0. The van der Waals surface area contributed by atoms with E-state index < -0.39 is 0 Å². The molecular formula is C25H23N. The van der Waals surface area contributed by atoms with Crippen LogP contribution < -0.4 is 0 Å². The number of benzene rings is 3. The Morgan fingerprint density at radius 3 is 2.27 bits per heavy atom. The lowest BCUT2D eigenvalue weighted by Gasteiger charge is -2.09. The Hall–Kier alpha value is -3.06. The van der Waals surface area contributed by atoms with Crippen LogP contribution in [0.2, 0.25) is 0 Å². The Morgan fingerprint density at radius 2 is 1.50 bits per heavy atom. The van der Waals surface area contributed by atoms with Gasteiger partial charge in [0.15, 0.2) is 0 Å². The van der Waals surface area contributed by atoms with Crippen LogP contribution in [0.3, 0.4) is 0 Å². The molecule has 1 heteroatoms. The number of para-hydroxylation sites is 1. The topological polar surface area (TPSA) is 4.93 Å². The quantitative estimate of drug-likeness (QED) is 0.354. The molecule has 1 nitrogen and oxygen atoms in total. The van der Waals surface area contributed by atoms with E-state index >= 15 is 0 Å². The molecule has 1 aromatic heterocycles. The van der Waals surface area contributed by atoms with Crippen molar-refractivity contribution in [2.45, 2.75) is 20.4 Å². The molecule has 0 fully saturated rings. The van der Waals surface area contributed by atoms with E-state index in [1.165, 1.54) is 38.5 Å². The van der Waals surface area contributed by atoms with Crippen LogP contribution in [-0.4, -0.2) is 4.57 Å². The van der Waals surface area contributed by atoms with Crippen molar-refractivity contribution in [3.63, 3.8) is 0 Å². The van der Waals surface area contributed by atoms with Crippen molar-refractivity contribution in [2.24, 2.45) is 0 Å². The van der Waals surface area contributed by atoms with Gasteiger partial charge in [0.1, 0.15) is 0 Å². The fraction of sp³-hybridized carbons (Fsp3) is 0.120. The maximum absolute atomic E-state index is 2.43. The van der Waals surface area contributed by atoms with E-state index in [1.54, 1.807) is 0 Å². The number of aromatic nitrogens is 1. The predicted molar refractivity (Wildman–Crippen MR) is 113 cm³/mol. The summed E-state index contributed by atoms with van der Waals surface area (Å²) in [5, 5.41) is 2.63. The standard InChI is InChI=1S/C25H23N/c1-3-10-19(4-2)18-26-24-14-9-8-13-22(24)23-17-21(15-16-25(23)26)20-11-6-5-7-12-20/h3-17H,18H2,1-2H3/b10-3-,19-4+. The van der Waals surface area contributed by atoms with Crippen LogP contribution >= 0.6 is 0 Å². The minimum atomic E-state index is 0.884. The zero-order valence-electron chi connectivity index (χ0n) is 15.3. The predicted octanol–water partition coefficient (Wildman–Crippen LogP) is 6.98. The minimum absolute atomic E-state index is 0.884. The Labute approximate surface area is 154 Å². The lowest BCUT2D eigenvalue weighted by atomic mass is 10.0. The van der Waals surface area contributed by atoms with Gasteiger partial charge in [0.2, 0.25) is 0 Å². The van der Waals surface area contributed by atoms with E-state index in [1.807, 2.05) is 0 Å². The van der Waals surface area contributed by atoms with Crippen LogP contribution in [0.15, 0.2) is 96.6 Å². The SMILES string of the molecule is C/C=C\C(=C/C)Cn1c2ccccc2c2cc(-c3ccccc3)ccc21. The lowest BCUT2D eigenvalue weighted by Crippen LogP contribution is -1.99. The van der Waals surface area contributed by atoms with Crippen LogP contribution in [0, 0.1) is 0 Å². The number of rotatable bonds is 4. The summed E-state index contributed by atoms with van der Waals surface area (Å²) in [6.45, 7) is 5.06. The lowest BCUT2D eigenvalue weighted by molar-refractivity contribution is 0.866. The fourth-order valence-corrected chi connectivity index (χ4v) is 3.67. The van der Waals surface area contributed by atoms with E-state index in [4.69, 9.17) is 0 Å². The number of fused-ring (bicyclic) bond motifs is 3. The summed E-state index contributed by atoms with van der Waals surface area (Å²) in [6.07, 6.45) is 6.49. The minimum Gasteiger partial charge on any atom is -0.336 e. The second-order valence-corrected chi connectivity index (χ2v) is 6.56. The van der Waals surface area contributed by atoms with E-state index in [2.05, 4.69) is 109 Å². The van der Waals surface area contributed by atoms with Crippen LogP contribution in [-0.2, 0) is 6.54 Å². The Balaban J connectivity index is 1.94. The van der Waals surface area contributed by atoms with Gasteiger partial charge < -0.3 is 4.57 Å². The molecule has 0 bridgehead atoms. The summed E-state index contributed by atoms with van der Waals surface area (Å²) in [6, 6.07) is 26.1. The van der Waals surface area contributed by atoms with Gasteiger partial charge in [-0.25, -0.2) is 0 Å². The van der Waals surface area contributed by atoms with Gasteiger partial charge in [-0.15, -0.1) is 0 Å². The Bertz CT molecular complexity index is 1110. The van der Waals surface area contributed by atoms with Crippen LogP contribution in [0.5, 0.6) is 0 Å². The third-order valence-electron chi connectivity index (χ3n) is 4.97. The zero-order valence-corrected chi connectivity index (χ0v) is 15.3. The molecule has 0 unspecified atom stereocenters. The molecule has 1 heterocycles. The highest BCUT2D eigenvalue weighted by molar-refractivity contribution is 6.09. The normalized spacial score (nSPS) is 12.5. The van der Waals surface area contributed by atoms with Crippen molar-refractivity contribution in [1.29, 1.82) is 0 Å². The van der Waals surface area contributed by atoms with Gasteiger partial charge in [-0.2, -0.15) is 0 Å². The van der Waals surface area contributed by atoms with Crippen LogP contribution in [0.1, 0.15) is 13.8 Å². The van der Waals surface area contributed by atoms with E-state index in [0.29, 0.717) is 0 Å². The Morgan fingerprint density at radius 1 is 0.769 bits per heavy atom. The third kappa shape index (κ3) is 2.86. The van der Waals surface area contributed by atoms with Gasteiger partial charge in [0.05, 0.1) is 0 Å². The van der Waals surface area contributed by atoms with Gasteiger partial charge >= 0.3 is 0 Å². The maximum atomic E-state index is 2.43. The van der Waals surface area contributed by atoms with Crippen molar-refractivity contribution < 1.29 is 0 Å². The molecule has 4 rings (SSSR count). The summed E-state index contributed by atoms with van der Waals surface area (Å²) < 4.78 is 2.43. The first kappa shape index (κ1) is 16.4. The molecule has 0 amide bonds.